The Morgan fingerprint density at radius 2 is 1.42 bits per heavy atom. The highest BCUT2D eigenvalue weighted by Gasteiger charge is 2.26. The molecule has 0 N–H and O–H groups in total. The molecule has 3 aromatic carbocycles. The van der Waals surface area contributed by atoms with Crippen LogP contribution in [0.3, 0.4) is 0 Å². The van der Waals surface area contributed by atoms with E-state index < -0.39 is 11.9 Å². The average Bonchev–Trinajstić information content (AvgIpc) is 2.67. The number of ether oxygens (including phenoxy) is 2. The SMILES string of the molecule is CCOC(=O)c1cc2ccccc2c(-c2ccccc2)c1C(=O)OCC. The quantitative estimate of drug-likeness (QED) is 0.618. The standard InChI is InChI=1S/C22H20O4/c1-3-25-21(23)18-14-16-12-8-9-13-17(16)19(15-10-6-5-7-11-15)20(18)22(24)26-4-2/h5-14H,3-4H2,1-2H3. The van der Waals surface area contributed by atoms with Gasteiger partial charge in [-0.3, -0.25) is 0 Å². The highest BCUT2D eigenvalue weighted by atomic mass is 16.5. The molecule has 0 aromatic heterocycles. The van der Waals surface area contributed by atoms with Crippen molar-refractivity contribution in [3.63, 3.8) is 0 Å². The van der Waals surface area contributed by atoms with Gasteiger partial charge in [0.2, 0.25) is 0 Å². The number of rotatable bonds is 5. The lowest BCUT2D eigenvalue weighted by molar-refractivity contribution is 0.0480. The fourth-order valence-electron chi connectivity index (χ4n) is 3.04. The van der Waals surface area contributed by atoms with E-state index in [1.807, 2.05) is 54.6 Å². The minimum atomic E-state index is -0.529. The molecule has 0 saturated heterocycles. The van der Waals surface area contributed by atoms with Gasteiger partial charge in [0.1, 0.15) is 0 Å². The zero-order chi connectivity index (χ0) is 18.5. The molecule has 0 atom stereocenters. The second-order valence-corrected chi connectivity index (χ2v) is 5.70. The van der Waals surface area contributed by atoms with E-state index in [9.17, 15) is 9.59 Å². The molecule has 4 heteroatoms. The number of benzene rings is 3. The van der Waals surface area contributed by atoms with Gasteiger partial charge in [0.05, 0.1) is 24.3 Å². The van der Waals surface area contributed by atoms with Crippen molar-refractivity contribution in [3.8, 4) is 11.1 Å². The van der Waals surface area contributed by atoms with Gasteiger partial charge in [-0.05, 0) is 36.2 Å². The molecule has 0 spiro atoms. The molecule has 132 valence electrons. The maximum Gasteiger partial charge on any atom is 0.339 e. The van der Waals surface area contributed by atoms with Crippen LogP contribution < -0.4 is 0 Å². The highest BCUT2D eigenvalue weighted by molar-refractivity contribution is 6.15. The van der Waals surface area contributed by atoms with Gasteiger partial charge in [0.25, 0.3) is 0 Å². The Kier molecular flexibility index (Phi) is 5.32. The average molecular weight is 348 g/mol. The summed E-state index contributed by atoms with van der Waals surface area (Å²) in [5.74, 6) is -1.06. The zero-order valence-corrected chi connectivity index (χ0v) is 14.8. The smallest absolute Gasteiger partial charge is 0.339 e. The third kappa shape index (κ3) is 3.31. The summed E-state index contributed by atoms with van der Waals surface area (Å²) < 4.78 is 10.5. The van der Waals surface area contributed by atoms with Crippen LogP contribution in [0.1, 0.15) is 34.6 Å². The molecular weight excluding hydrogens is 328 g/mol. The Balaban J connectivity index is 2.41. The van der Waals surface area contributed by atoms with Gasteiger partial charge in [-0.15, -0.1) is 0 Å². The summed E-state index contributed by atoms with van der Waals surface area (Å²) in [5, 5.41) is 1.75. The first-order valence-electron chi connectivity index (χ1n) is 8.62. The molecule has 0 amide bonds. The maximum absolute atomic E-state index is 12.8. The summed E-state index contributed by atoms with van der Waals surface area (Å²) in [7, 11) is 0. The molecular formula is C22H20O4. The summed E-state index contributed by atoms with van der Waals surface area (Å²) in [4.78, 5) is 25.4. The van der Waals surface area contributed by atoms with Crippen molar-refractivity contribution in [2.45, 2.75) is 13.8 Å². The fourth-order valence-corrected chi connectivity index (χ4v) is 3.04. The monoisotopic (exact) mass is 348 g/mol. The molecule has 0 aliphatic carbocycles. The molecule has 3 rings (SSSR count). The van der Waals surface area contributed by atoms with E-state index in [0.717, 1.165) is 16.3 Å². The summed E-state index contributed by atoms with van der Waals surface area (Å²) >= 11 is 0. The lowest BCUT2D eigenvalue weighted by Gasteiger charge is -2.16. The molecule has 0 fully saturated rings. The first-order valence-corrected chi connectivity index (χ1v) is 8.62. The molecule has 0 radical (unpaired) electrons. The molecule has 0 unspecified atom stereocenters. The van der Waals surface area contributed by atoms with Crippen molar-refractivity contribution >= 4 is 22.7 Å². The Hall–Kier alpha value is -3.14. The third-order valence-corrected chi connectivity index (χ3v) is 4.09. The van der Waals surface area contributed by atoms with Crippen LogP contribution in [0.5, 0.6) is 0 Å². The molecule has 0 aliphatic heterocycles. The van der Waals surface area contributed by atoms with Gasteiger partial charge < -0.3 is 9.47 Å². The summed E-state index contributed by atoms with van der Waals surface area (Å²) in [6.45, 7) is 3.93. The first kappa shape index (κ1) is 17.7. The maximum atomic E-state index is 12.8. The molecule has 0 bridgehead atoms. The number of hydrogen-bond acceptors (Lipinski definition) is 4. The van der Waals surface area contributed by atoms with Crippen LogP contribution in [0.25, 0.3) is 21.9 Å². The Labute approximate surface area is 152 Å². The molecule has 3 aromatic rings. The van der Waals surface area contributed by atoms with Crippen LogP contribution in [-0.4, -0.2) is 25.2 Å². The fraction of sp³-hybridized carbons (Fsp3) is 0.182. The number of fused-ring (bicyclic) bond motifs is 1. The van der Waals surface area contributed by atoms with E-state index in [2.05, 4.69) is 0 Å². The highest BCUT2D eigenvalue weighted by Crippen LogP contribution is 2.35. The second-order valence-electron chi connectivity index (χ2n) is 5.70. The number of carbonyl (C=O) groups is 2. The molecule has 4 nitrogen and oxygen atoms in total. The van der Waals surface area contributed by atoms with Crippen molar-refractivity contribution in [1.82, 2.24) is 0 Å². The second kappa shape index (κ2) is 7.83. The van der Waals surface area contributed by atoms with Crippen molar-refractivity contribution in [1.29, 1.82) is 0 Å². The Morgan fingerprint density at radius 3 is 2.12 bits per heavy atom. The van der Waals surface area contributed by atoms with Gasteiger partial charge in [0, 0.05) is 5.56 Å². The van der Waals surface area contributed by atoms with E-state index >= 15 is 0 Å². The Morgan fingerprint density at radius 1 is 0.808 bits per heavy atom. The van der Waals surface area contributed by atoms with Crippen molar-refractivity contribution in [3.05, 3.63) is 71.8 Å². The lowest BCUT2D eigenvalue weighted by atomic mass is 9.89. The van der Waals surface area contributed by atoms with Crippen LogP contribution in [-0.2, 0) is 9.47 Å². The number of esters is 2. The van der Waals surface area contributed by atoms with E-state index in [-0.39, 0.29) is 24.3 Å². The van der Waals surface area contributed by atoms with E-state index in [4.69, 9.17) is 9.47 Å². The van der Waals surface area contributed by atoms with Gasteiger partial charge >= 0.3 is 11.9 Å². The number of hydrogen-bond donors (Lipinski definition) is 0. The summed E-state index contributed by atoms with van der Waals surface area (Å²) in [5.41, 5.74) is 2.00. The van der Waals surface area contributed by atoms with Gasteiger partial charge in [-0.1, -0.05) is 54.6 Å². The predicted octanol–water partition coefficient (Wildman–Crippen LogP) is 4.86. The van der Waals surface area contributed by atoms with E-state index in [0.29, 0.717) is 5.56 Å². The van der Waals surface area contributed by atoms with Crippen molar-refractivity contribution in [2.75, 3.05) is 13.2 Å². The lowest BCUT2D eigenvalue weighted by Crippen LogP contribution is -2.16. The third-order valence-electron chi connectivity index (χ3n) is 4.09. The molecule has 0 saturated carbocycles. The molecule has 0 heterocycles. The van der Waals surface area contributed by atoms with Crippen LogP contribution in [0.4, 0.5) is 0 Å². The van der Waals surface area contributed by atoms with E-state index in [1.165, 1.54) is 0 Å². The largest absolute Gasteiger partial charge is 0.462 e. The van der Waals surface area contributed by atoms with Crippen LogP contribution in [0.15, 0.2) is 60.7 Å². The van der Waals surface area contributed by atoms with E-state index in [1.54, 1.807) is 19.9 Å². The topological polar surface area (TPSA) is 52.6 Å². The van der Waals surface area contributed by atoms with Gasteiger partial charge in [-0.2, -0.15) is 0 Å². The molecule has 0 aliphatic rings. The van der Waals surface area contributed by atoms with Gasteiger partial charge in [0.15, 0.2) is 0 Å². The zero-order valence-electron chi connectivity index (χ0n) is 14.8. The molecule has 26 heavy (non-hydrogen) atoms. The van der Waals surface area contributed by atoms with Gasteiger partial charge in [-0.25, -0.2) is 9.59 Å². The first-order chi connectivity index (χ1) is 12.7. The van der Waals surface area contributed by atoms with Crippen molar-refractivity contribution in [2.24, 2.45) is 0 Å². The number of carbonyl (C=O) groups excluding carboxylic acids is 2. The van der Waals surface area contributed by atoms with Crippen LogP contribution >= 0.6 is 0 Å². The minimum absolute atomic E-state index is 0.224. The minimum Gasteiger partial charge on any atom is -0.462 e. The van der Waals surface area contributed by atoms with Crippen LogP contribution in [0, 0.1) is 0 Å². The summed E-state index contributed by atoms with van der Waals surface area (Å²) in [6.07, 6.45) is 0. The summed E-state index contributed by atoms with van der Waals surface area (Å²) in [6, 6.07) is 18.9. The Bertz CT molecular complexity index is 945. The normalized spacial score (nSPS) is 10.5. The van der Waals surface area contributed by atoms with Crippen LogP contribution in [0.2, 0.25) is 0 Å². The van der Waals surface area contributed by atoms with Crippen molar-refractivity contribution < 1.29 is 19.1 Å². The predicted molar refractivity (Wildman–Crippen MR) is 101 cm³/mol.